The number of quaternary nitrogens is 1. The van der Waals surface area contributed by atoms with Crippen molar-refractivity contribution in [2.45, 2.75) is 32.3 Å². The SMILES string of the molecule is CC(C)(OC(=O)/C(C#N)=C/c1ccccc1)C1CC[NH2+]CC1. The van der Waals surface area contributed by atoms with Crippen molar-refractivity contribution in [3.8, 4) is 6.07 Å². The molecular weight excluding hydrogens is 276 g/mol. The van der Waals surface area contributed by atoms with Gasteiger partial charge >= 0.3 is 5.97 Å². The van der Waals surface area contributed by atoms with Crippen LogP contribution in [-0.4, -0.2) is 24.7 Å². The maximum absolute atomic E-state index is 12.3. The van der Waals surface area contributed by atoms with Crippen LogP contribution in [0.2, 0.25) is 0 Å². The van der Waals surface area contributed by atoms with Crippen LogP contribution in [0.25, 0.3) is 6.08 Å². The van der Waals surface area contributed by atoms with E-state index in [1.165, 1.54) is 0 Å². The number of nitriles is 1. The molecule has 2 rings (SSSR count). The van der Waals surface area contributed by atoms with E-state index < -0.39 is 11.6 Å². The quantitative estimate of drug-likeness (QED) is 0.524. The van der Waals surface area contributed by atoms with Gasteiger partial charge in [0.25, 0.3) is 0 Å². The van der Waals surface area contributed by atoms with Crippen molar-refractivity contribution in [1.29, 1.82) is 5.26 Å². The lowest BCUT2D eigenvalue weighted by molar-refractivity contribution is -0.665. The van der Waals surface area contributed by atoms with E-state index in [2.05, 4.69) is 5.32 Å². The van der Waals surface area contributed by atoms with Crippen molar-refractivity contribution in [2.75, 3.05) is 13.1 Å². The average Bonchev–Trinajstić information content (AvgIpc) is 2.54. The molecule has 0 aliphatic carbocycles. The predicted molar refractivity (Wildman–Crippen MR) is 84.6 cm³/mol. The number of esters is 1. The van der Waals surface area contributed by atoms with Crippen molar-refractivity contribution in [2.24, 2.45) is 5.92 Å². The van der Waals surface area contributed by atoms with Crippen LogP contribution in [0.4, 0.5) is 0 Å². The zero-order chi connectivity index (χ0) is 16.0. The van der Waals surface area contributed by atoms with Crippen molar-refractivity contribution in [1.82, 2.24) is 0 Å². The molecule has 0 bridgehead atoms. The second-order valence-corrected chi connectivity index (χ2v) is 6.21. The average molecular weight is 299 g/mol. The highest BCUT2D eigenvalue weighted by atomic mass is 16.6. The molecule has 0 radical (unpaired) electrons. The third-order valence-electron chi connectivity index (χ3n) is 4.23. The van der Waals surface area contributed by atoms with Gasteiger partial charge in [-0.25, -0.2) is 4.79 Å². The highest BCUT2D eigenvalue weighted by Crippen LogP contribution is 2.28. The minimum atomic E-state index is -0.544. The summed E-state index contributed by atoms with van der Waals surface area (Å²) in [6.07, 6.45) is 3.64. The summed E-state index contributed by atoms with van der Waals surface area (Å²) in [5.41, 5.74) is 0.320. The highest BCUT2D eigenvalue weighted by molar-refractivity contribution is 5.98. The Kier molecular flexibility index (Phi) is 5.35. The van der Waals surface area contributed by atoms with Gasteiger partial charge in [0.05, 0.1) is 13.1 Å². The van der Waals surface area contributed by atoms with Crippen molar-refractivity contribution < 1.29 is 14.8 Å². The van der Waals surface area contributed by atoms with Crippen LogP contribution in [0.1, 0.15) is 32.3 Å². The fourth-order valence-corrected chi connectivity index (χ4v) is 2.85. The fraction of sp³-hybridized carbons (Fsp3) is 0.444. The lowest BCUT2D eigenvalue weighted by Crippen LogP contribution is -2.86. The Morgan fingerprint density at radius 3 is 2.55 bits per heavy atom. The first-order chi connectivity index (χ1) is 10.5. The number of nitrogens with zero attached hydrogens (tertiary/aromatic N) is 1. The molecule has 116 valence electrons. The molecule has 1 saturated heterocycles. The molecule has 1 heterocycles. The van der Waals surface area contributed by atoms with Crippen molar-refractivity contribution in [3.05, 3.63) is 41.5 Å². The fourth-order valence-electron chi connectivity index (χ4n) is 2.85. The van der Waals surface area contributed by atoms with Crippen LogP contribution in [0.5, 0.6) is 0 Å². The zero-order valence-electron chi connectivity index (χ0n) is 13.2. The Balaban J connectivity index is 2.09. The molecule has 1 aliphatic heterocycles. The first-order valence-electron chi connectivity index (χ1n) is 7.75. The van der Waals surface area contributed by atoms with Gasteiger partial charge in [-0.05, 0) is 25.5 Å². The Bertz CT molecular complexity index is 579. The Morgan fingerprint density at radius 2 is 1.95 bits per heavy atom. The molecule has 1 aromatic rings. The van der Waals surface area contributed by atoms with Gasteiger partial charge in [-0.2, -0.15) is 5.26 Å². The molecule has 0 atom stereocenters. The first kappa shape index (κ1) is 16.3. The maximum atomic E-state index is 12.3. The molecule has 0 saturated carbocycles. The Hall–Kier alpha value is -2.12. The topological polar surface area (TPSA) is 66.7 Å². The minimum Gasteiger partial charge on any atom is -0.455 e. The van der Waals surface area contributed by atoms with E-state index in [0.29, 0.717) is 5.92 Å². The summed E-state index contributed by atoms with van der Waals surface area (Å²) in [7, 11) is 0. The monoisotopic (exact) mass is 299 g/mol. The first-order valence-corrected chi connectivity index (χ1v) is 7.75. The van der Waals surface area contributed by atoms with Crippen LogP contribution >= 0.6 is 0 Å². The number of piperidine rings is 1. The molecule has 4 heteroatoms. The molecule has 1 aromatic carbocycles. The third-order valence-corrected chi connectivity index (χ3v) is 4.23. The molecule has 1 aliphatic rings. The van der Waals surface area contributed by atoms with Gasteiger partial charge in [0.2, 0.25) is 0 Å². The summed E-state index contributed by atoms with van der Waals surface area (Å²) in [5, 5.41) is 11.5. The van der Waals surface area contributed by atoms with Crippen molar-refractivity contribution >= 4 is 12.0 Å². The third kappa shape index (κ3) is 4.19. The molecule has 1 fully saturated rings. The molecule has 2 N–H and O–H groups in total. The molecular formula is C18H23N2O2+. The zero-order valence-corrected chi connectivity index (χ0v) is 13.2. The molecule has 0 aromatic heterocycles. The van der Waals surface area contributed by atoms with Crippen LogP contribution in [0, 0.1) is 17.2 Å². The molecule has 4 nitrogen and oxygen atoms in total. The van der Waals surface area contributed by atoms with E-state index in [1.807, 2.05) is 50.2 Å². The van der Waals surface area contributed by atoms with E-state index in [4.69, 9.17) is 4.74 Å². The molecule has 0 amide bonds. The summed E-state index contributed by atoms with van der Waals surface area (Å²) < 4.78 is 5.66. The van der Waals surface area contributed by atoms with Gasteiger partial charge < -0.3 is 10.1 Å². The number of benzene rings is 1. The number of hydrogen-bond acceptors (Lipinski definition) is 3. The second-order valence-electron chi connectivity index (χ2n) is 6.21. The van der Waals surface area contributed by atoms with Gasteiger partial charge in [-0.15, -0.1) is 0 Å². The number of hydrogen-bond donors (Lipinski definition) is 1. The normalized spacial score (nSPS) is 16.9. The number of carbonyl (C=O) groups excluding carboxylic acids is 1. The van der Waals surface area contributed by atoms with E-state index in [9.17, 15) is 10.1 Å². The van der Waals surface area contributed by atoms with Crippen LogP contribution in [-0.2, 0) is 9.53 Å². The summed E-state index contributed by atoms with van der Waals surface area (Å²) in [4.78, 5) is 12.3. The van der Waals surface area contributed by atoms with E-state index in [0.717, 1.165) is 31.5 Å². The summed E-state index contributed by atoms with van der Waals surface area (Å²) >= 11 is 0. The van der Waals surface area contributed by atoms with Crippen molar-refractivity contribution in [3.63, 3.8) is 0 Å². The van der Waals surface area contributed by atoms with Gasteiger partial charge in [0.1, 0.15) is 17.2 Å². The maximum Gasteiger partial charge on any atom is 0.349 e. The second kappa shape index (κ2) is 7.24. The number of nitrogens with two attached hydrogens (primary N) is 1. The molecule has 22 heavy (non-hydrogen) atoms. The lowest BCUT2D eigenvalue weighted by Gasteiger charge is -2.35. The van der Waals surface area contributed by atoms with E-state index in [-0.39, 0.29) is 5.57 Å². The van der Waals surface area contributed by atoms with Gasteiger partial charge in [-0.1, -0.05) is 30.3 Å². The Morgan fingerprint density at radius 1 is 1.32 bits per heavy atom. The smallest absolute Gasteiger partial charge is 0.349 e. The molecule has 0 spiro atoms. The van der Waals surface area contributed by atoms with E-state index in [1.54, 1.807) is 6.08 Å². The largest absolute Gasteiger partial charge is 0.455 e. The van der Waals surface area contributed by atoms with Gasteiger partial charge in [0, 0.05) is 18.8 Å². The molecule has 0 unspecified atom stereocenters. The Labute approximate surface area is 131 Å². The summed E-state index contributed by atoms with van der Waals surface area (Å²) in [6, 6.07) is 11.3. The number of carbonyl (C=O) groups is 1. The summed E-state index contributed by atoms with van der Waals surface area (Å²) in [5.74, 6) is -0.191. The van der Waals surface area contributed by atoms with Crippen LogP contribution < -0.4 is 5.32 Å². The van der Waals surface area contributed by atoms with E-state index >= 15 is 0 Å². The highest BCUT2D eigenvalue weighted by Gasteiger charge is 2.36. The van der Waals surface area contributed by atoms with Crippen LogP contribution in [0.15, 0.2) is 35.9 Å². The number of rotatable bonds is 4. The number of ether oxygens (including phenoxy) is 1. The standard InChI is InChI=1S/C18H22N2O2/c1-18(2,16-8-10-20-11-9-16)22-17(21)15(13-19)12-14-6-4-3-5-7-14/h3-7,12,16,20H,8-11H2,1-2H3/p+1/b15-12+. The lowest BCUT2D eigenvalue weighted by atomic mass is 9.83. The van der Waals surface area contributed by atoms with Gasteiger partial charge in [0.15, 0.2) is 0 Å². The van der Waals surface area contributed by atoms with Gasteiger partial charge in [-0.3, -0.25) is 0 Å². The summed E-state index contributed by atoms with van der Waals surface area (Å²) in [6.45, 7) is 6.02. The minimum absolute atomic E-state index is 0.0432. The predicted octanol–water partition coefficient (Wildman–Crippen LogP) is 1.89. The van der Waals surface area contributed by atoms with Crippen LogP contribution in [0.3, 0.4) is 0 Å².